The molecule has 0 unspecified atom stereocenters. The summed E-state index contributed by atoms with van der Waals surface area (Å²) in [6, 6.07) is 12.0. The van der Waals surface area contributed by atoms with Gasteiger partial charge in [0.2, 0.25) is 0 Å². The molecular formula is C50H64N16O6. The number of ether oxygens (including phenoxy) is 2. The van der Waals surface area contributed by atoms with Crippen LogP contribution in [0.3, 0.4) is 0 Å². The second-order valence-electron chi connectivity index (χ2n) is 19.3. The van der Waals surface area contributed by atoms with Crippen LogP contribution in [0.25, 0.3) is 0 Å². The molecule has 0 aromatic carbocycles. The highest BCUT2D eigenvalue weighted by Crippen LogP contribution is 2.29. The average molecular weight is 985 g/mol. The highest BCUT2D eigenvalue weighted by molar-refractivity contribution is 5.76. The van der Waals surface area contributed by atoms with Gasteiger partial charge in [-0.15, -0.1) is 0 Å². The van der Waals surface area contributed by atoms with Crippen molar-refractivity contribution in [3.63, 3.8) is 0 Å². The number of rotatable bonds is 10. The zero-order valence-corrected chi connectivity index (χ0v) is 41.2. The molecule has 0 saturated carbocycles. The van der Waals surface area contributed by atoms with Crippen molar-refractivity contribution in [2.75, 3.05) is 124 Å². The molecule has 10 heterocycles. The Morgan fingerprint density at radius 1 is 0.569 bits per heavy atom. The number of nitriles is 2. The van der Waals surface area contributed by atoms with Crippen LogP contribution in [-0.2, 0) is 9.47 Å². The minimum atomic E-state index is -0.155. The number of pyridine rings is 2. The first-order valence-electron chi connectivity index (χ1n) is 25.2. The van der Waals surface area contributed by atoms with Crippen LogP contribution in [0.1, 0.15) is 60.8 Å². The van der Waals surface area contributed by atoms with Crippen molar-refractivity contribution in [2.45, 2.75) is 76.7 Å². The van der Waals surface area contributed by atoms with Gasteiger partial charge in [0, 0.05) is 115 Å². The number of carbonyl (C=O) groups is 2. The molecule has 380 valence electrons. The Morgan fingerprint density at radius 2 is 0.986 bits per heavy atom. The first kappa shape index (κ1) is 49.7. The summed E-state index contributed by atoms with van der Waals surface area (Å²) in [6.07, 6.45) is 12.5. The molecule has 6 aliphatic heterocycles. The molecular weight excluding hydrogens is 921 g/mol. The fraction of sp³-hybridized carbons (Fsp3) is 0.560. The maximum absolute atomic E-state index is 13.1. The normalized spacial score (nSPS) is 22.2. The highest BCUT2D eigenvalue weighted by Gasteiger charge is 2.36. The van der Waals surface area contributed by atoms with E-state index in [9.17, 15) is 19.2 Å². The van der Waals surface area contributed by atoms with Gasteiger partial charge in [-0.3, -0.25) is 9.59 Å². The van der Waals surface area contributed by atoms with Gasteiger partial charge in [-0.1, -0.05) is 0 Å². The van der Waals surface area contributed by atoms with E-state index >= 15 is 0 Å². The number of anilines is 4. The number of urea groups is 2. The minimum absolute atomic E-state index is 0.0268. The third-order valence-corrected chi connectivity index (χ3v) is 14.9. The Bertz CT molecular complexity index is 2520. The van der Waals surface area contributed by atoms with E-state index in [0.29, 0.717) is 114 Å². The fourth-order valence-corrected chi connectivity index (χ4v) is 10.6. The van der Waals surface area contributed by atoms with E-state index in [-0.39, 0.29) is 47.5 Å². The first-order chi connectivity index (χ1) is 35.1. The largest absolute Gasteiger partial charge is 0.374 e. The summed E-state index contributed by atoms with van der Waals surface area (Å²) in [4.78, 5) is 75.3. The SMILES string of the molecule is Cc1c(N2CCC[C@H]2CO[C@@H]2CCN(C(=O)N3CCN(c4ccc(C#N)cn4)CC3)C2)cn[nH]c1=O.Cc1c(N2CCC[C@H]2CO[C@H]2CCN(C(=O)N3CCN(c4ccc(C#N)cn4)CC3)C2)cn[nH]c1=O. The summed E-state index contributed by atoms with van der Waals surface area (Å²) in [5.74, 6) is 1.67. The molecule has 2 N–H and O–H groups in total. The lowest BCUT2D eigenvalue weighted by molar-refractivity contribution is 0.0509. The zero-order chi connectivity index (χ0) is 50.1. The van der Waals surface area contributed by atoms with Crippen molar-refractivity contribution < 1.29 is 19.1 Å². The number of piperazine rings is 2. The smallest absolute Gasteiger partial charge is 0.320 e. The van der Waals surface area contributed by atoms with Crippen LogP contribution in [0.15, 0.2) is 58.6 Å². The monoisotopic (exact) mass is 985 g/mol. The fourth-order valence-electron chi connectivity index (χ4n) is 10.6. The van der Waals surface area contributed by atoms with Gasteiger partial charge in [-0.2, -0.15) is 20.7 Å². The lowest BCUT2D eigenvalue weighted by Gasteiger charge is -2.37. The van der Waals surface area contributed by atoms with E-state index in [1.807, 2.05) is 45.6 Å². The molecule has 0 spiro atoms. The van der Waals surface area contributed by atoms with Crippen LogP contribution < -0.4 is 30.7 Å². The molecule has 4 atom stereocenters. The third kappa shape index (κ3) is 11.4. The summed E-state index contributed by atoms with van der Waals surface area (Å²) >= 11 is 0. The van der Waals surface area contributed by atoms with Crippen molar-refractivity contribution in [1.29, 1.82) is 10.5 Å². The van der Waals surface area contributed by atoms with Crippen molar-refractivity contribution >= 4 is 35.1 Å². The molecule has 4 aromatic heterocycles. The van der Waals surface area contributed by atoms with Gasteiger partial charge >= 0.3 is 12.1 Å². The zero-order valence-electron chi connectivity index (χ0n) is 41.2. The van der Waals surface area contributed by atoms with Crippen LogP contribution in [0, 0.1) is 36.5 Å². The molecule has 6 saturated heterocycles. The van der Waals surface area contributed by atoms with Crippen molar-refractivity contribution in [3.8, 4) is 12.1 Å². The summed E-state index contributed by atoms with van der Waals surface area (Å²) in [6.45, 7) is 14.6. The number of hydrogen-bond donors (Lipinski definition) is 2. The molecule has 72 heavy (non-hydrogen) atoms. The summed E-state index contributed by atoms with van der Waals surface area (Å²) in [5.41, 5.74) is 3.90. The van der Waals surface area contributed by atoms with Crippen LogP contribution in [-0.4, -0.2) is 191 Å². The molecule has 4 amide bonds. The van der Waals surface area contributed by atoms with Gasteiger partial charge in [0.1, 0.15) is 23.8 Å². The Kier molecular flexibility index (Phi) is 15.8. The van der Waals surface area contributed by atoms with Crippen molar-refractivity contribution in [3.05, 3.63) is 92.0 Å². The van der Waals surface area contributed by atoms with E-state index in [2.05, 4.69) is 62.1 Å². The number of carbonyl (C=O) groups excluding carboxylic acids is 2. The predicted octanol–water partition coefficient (Wildman–Crippen LogP) is 2.69. The second kappa shape index (κ2) is 22.8. The maximum Gasteiger partial charge on any atom is 0.320 e. The minimum Gasteiger partial charge on any atom is -0.374 e. The molecule has 6 fully saturated rings. The second-order valence-corrected chi connectivity index (χ2v) is 19.3. The number of H-pyrrole nitrogens is 2. The Hall–Kier alpha value is -7.30. The van der Waals surface area contributed by atoms with Gasteiger partial charge in [-0.05, 0) is 76.6 Å². The standard InChI is InChI=1S/2C25H32N8O3/c2*1-18-22(15-28-29-24(18)34)33-7-2-3-20(33)17-36-21-6-8-32(16-21)25(35)31-11-9-30(10-12-31)23-5-4-19(13-26)14-27-23/h2*4-5,14-15,20-21H,2-3,6-12,16-17H2,1H3,(H,29,34)/t20-,21+;20-,21-/m00/s1. The van der Waals surface area contributed by atoms with Crippen LogP contribution >= 0.6 is 0 Å². The molecule has 22 heteroatoms. The highest BCUT2D eigenvalue weighted by atomic mass is 16.5. The Balaban J connectivity index is 0.000000178. The van der Waals surface area contributed by atoms with Crippen LogP contribution in [0.4, 0.5) is 32.6 Å². The van der Waals surface area contributed by atoms with Crippen molar-refractivity contribution in [1.82, 2.24) is 50.0 Å². The van der Waals surface area contributed by atoms with Crippen LogP contribution in [0.5, 0.6) is 0 Å². The number of likely N-dealkylation sites (tertiary alicyclic amines) is 2. The van der Waals surface area contributed by atoms with E-state index in [1.165, 1.54) is 0 Å². The third-order valence-electron chi connectivity index (χ3n) is 14.9. The number of aromatic amines is 2. The number of nitrogens with zero attached hydrogens (tertiary/aromatic N) is 14. The Morgan fingerprint density at radius 3 is 1.36 bits per heavy atom. The molecule has 0 aliphatic carbocycles. The summed E-state index contributed by atoms with van der Waals surface area (Å²) in [7, 11) is 0. The summed E-state index contributed by atoms with van der Waals surface area (Å²) < 4.78 is 12.5. The molecule has 22 nitrogen and oxygen atoms in total. The number of amides is 4. The van der Waals surface area contributed by atoms with Crippen LogP contribution in [0.2, 0.25) is 0 Å². The van der Waals surface area contributed by atoms with E-state index < -0.39 is 0 Å². The number of aromatic nitrogens is 6. The summed E-state index contributed by atoms with van der Waals surface area (Å²) in [5, 5.41) is 30.8. The average Bonchev–Trinajstić information content (AvgIpc) is 4.28. The maximum atomic E-state index is 13.1. The predicted molar refractivity (Wildman–Crippen MR) is 268 cm³/mol. The molecule has 0 radical (unpaired) electrons. The first-order valence-corrected chi connectivity index (χ1v) is 25.2. The van der Waals surface area contributed by atoms with Gasteiger partial charge in [-0.25, -0.2) is 29.8 Å². The quantitative estimate of drug-likeness (QED) is 0.232. The van der Waals surface area contributed by atoms with Gasteiger partial charge in [0.15, 0.2) is 0 Å². The van der Waals surface area contributed by atoms with E-state index in [1.54, 1.807) is 36.9 Å². The van der Waals surface area contributed by atoms with E-state index in [0.717, 1.165) is 74.6 Å². The van der Waals surface area contributed by atoms with Gasteiger partial charge in [0.05, 0.1) is 72.4 Å². The van der Waals surface area contributed by atoms with Crippen molar-refractivity contribution in [2.24, 2.45) is 0 Å². The molecule has 0 bridgehead atoms. The lowest BCUT2D eigenvalue weighted by atomic mass is 10.2. The topological polar surface area (TPSA) is 243 Å². The van der Waals surface area contributed by atoms with E-state index in [4.69, 9.17) is 20.0 Å². The number of nitrogens with one attached hydrogen (secondary N) is 2. The number of hydrogen-bond acceptors (Lipinski definition) is 16. The van der Waals surface area contributed by atoms with Gasteiger partial charge in [0.25, 0.3) is 11.1 Å². The van der Waals surface area contributed by atoms with Gasteiger partial charge < -0.3 is 48.7 Å². The molecule has 10 rings (SSSR count). The molecule has 4 aromatic rings. The molecule has 6 aliphatic rings. The lowest BCUT2D eigenvalue weighted by Crippen LogP contribution is -2.52. The Labute approximate surface area is 418 Å².